The van der Waals surface area contributed by atoms with Gasteiger partial charge in [0, 0.05) is 21.2 Å². The Balaban J connectivity index is 1.62. The fourth-order valence-electron chi connectivity index (χ4n) is 3.23. The highest BCUT2D eigenvalue weighted by molar-refractivity contribution is 6.35. The summed E-state index contributed by atoms with van der Waals surface area (Å²) in [5.41, 5.74) is 2.26. The summed E-state index contributed by atoms with van der Waals surface area (Å²) >= 11 is 12.1. The van der Waals surface area contributed by atoms with Crippen LogP contribution in [-0.2, 0) is 0 Å². The fraction of sp³-hybridized carbons (Fsp3) is 0.263. The Labute approximate surface area is 159 Å². The van der Waals surface area contributed by atoms with Crippen LogP contribution in [0.4, 0.5) is 0 Å². The van der Waals surface area contributed by atoms with E-state index in [1.807, 2.05) is 0 Å². The zero-order valence-corrected chi connectivity index (χ0v) is 15.2. The van der Waals surface area contributed by atoms with Gasteiger partial charge in [-0.2, -0.15) is 0 Å². The van der Waals surface area contributed by atoms with Gasteiger partial charge < -0.3 is 14.8 Å². The maximum atomic E-state index is 12.4. The van der Waals surface area contributed by atoms with E-state index < -0.39 is 6.10 Å². The Morgan fingerprint density at radius 1 is 1.15 bits per heavy atom. The van der Waals surface area contributed by atoms with E-state index in [2.05, 4.69) is 10.3 Å². The number of aliphatic hydroxyl groups is 1. The Bertz CT molecular complexity index is 966. The van der Waals surface area contributed by atoms with E-state index in [1.54, 1.807) is 36.4 Å². The predicted molar refractivity (Wildman–Crippen MR) is 101 cm³/mol. The van der Waals surface area contributed by atoms with Crippen LogP contribution in [0.2, 0.25) is 10.0 Å². The van der Waals surface area contributed by atoms with E-state index in [1.165, 1.54) is 0 Å². The summed E-state index contributed by atoms with van der Waals surface area (Å²) in [6.07, 6.45) is 1.94. The normalized spacial score (nSPS) is 19.8. The van der Waals surface area contributed by atoms with Crippen LogP contribution in [0.1, 0.15) is 29.6 Å². The second-order valence-corrected chi connectivity index (χ2v) is 7.31. The summed E-state index contributed by atoms with van der Waals surface area (Å²) in [6.45, 7) is 0. The smallest absolute Gasteiger partial charge is 0.251 e. The van der Waals surface area contributed by atoms with E-state index in [4.69, 9.17) is 27.6 Å². The van der Waals surface area contributed by atoms with Gasteiger partial charge in [-0.1, -0.05) is 23.2 Å². The van der Waals surface area contributed by atoms with E-state index in [9.17, 15) is 9.90 Å². The number of fused-ring (bicyclic) bond motifs is 1. The molecule has 26 heavy (non-hydrogen) atoms. The number of aromatic nitrogens is 1. The van der Waals surface area contributed by atoms with Gasteiger partial charge in [-0.25, -0.2) is 4.98 Å². The average molecular weight is 391 g/mol. The molecular formula is C19H16Cl2N2O3. The highest BCUT2D eigenvalue weighted by Gasteiger charge is 2.27. The lowest BCUT2D eigenvalue weighted by atomic mass is 10.1. The Kier molecular flexibility index (Phi) is 4.61. The minimum Gasteiger partial charge on any atom is -0.436 e. The molecule has 0 radical (unpaired) electrons. The highest BCUT2D eigenvalue weighted by Crippen LogP contribution is 2.29. The monoisotopic (exact) mass is 390 g/mol. The molecule has 1 aromatic heterocycles. The molecule has 0 unspecified atom stereocenters. The maximum absolute atomic E-state index is 12.4. The summed E-state index contributed by atoms with van der Waals surface area (Å²) in [4.78, 5) is 16.9. The first-order valence-electron chi connectivity index (χ1n) is 8.35. The van der Waals surface area contributed by atoms with E-state index in [0.717, 1.165) is 19.3 Å². The third-order valence-corrected chi connectivity index (χ3v) is 4.99. The molecule has 1 heterocycles. The first-order chi connectivity index (χ1) is 12.5. The molecule has 1 saturated carbocycles. The number of nitrogens with zero attached hydrogens (tertiary/aromatic N) is 1. The first kappa shape index (κ1) is 17.3. The number of carbonyl (C=O) groups excluding carboxylic acids is 1. The topological polar surface area (TPSA) is 75.4 Å². The third-order valence-electron chi connectivity index (χ3n) is 4.56. The van der Waals surface area contributed by atoms with Crippen LogP contribution in [0.15, 0.2) is 40.8 Å². The maximum Gasteiger partial charge on any atom is 0.251 e. The summed E-state index contributed by atoms with van der Waals surface area (Å²) in [5.74, 6) is 0.148. The van der Waals surface area contributed by atoms with Gasteiger partial charge in [0.1, 0.15) is 5.52 Å². The van der Waals surface area contributed by atoms with Gasteiger partial charge in [0.25, 0.3) is 5.91 Å². The molecule has 7 heteroatoms. The van der Waals surface area contributed by atoms with E-state index in [0.29, 0.717) is 38.2 Å². The summed E-state index contributed by atoms with van der Waals surface area (Å²) in [7, 11) is 0. The summed E-state index contributed by atoms with van der Waals surface area (Å²) in [5, 5.41) is 13.7. The van der Waals surface area contributed by atoms with Crippen molar-refractivity contribution in [3.8, 4) is 11.5 Å². The van der Waals surface area contributed by atoms with Crippen molar-refractivity contribution >= 4 is 40.2 Å². The number of rotatable bonds is 3. The molecule has 0 spiro atoms. The molecule has 5 nitrogen and oxygen atoms in total. The van der Waals surface area contributed by atoms with Crippen LogP contribution < -0.4 is 5.32 Å². The number of halogens is 2. The molecule has 0 aliphatic heterocycles. The highest BCUT2D eigenvalue weighted by atomic mass is 35.5. The van der Waals surface area contributed by atoms with Gasteiger partial charge in [-0.05, 0) is 55.7 Å². The predicted octanol–water partition coefficient (Wildman–Crippen LogP) is 4.44. The number of carbonyl (C=O) groups is 1. The van der Waals surface area contributed by atoms with Crippen LogP contribution in [0.25, 0.3) is 22.6 Å². The van der Waals surface area contributed by atoms with Crippen LogP contribution in [0, 0.1) is 0 Å². The summed E-state index contributed by atoms with van der Waals surface area (Å²) in [6, 6.07) is 9.94. The lowest BCUT2D eigenvalue weighted by Crippen LogP contribution is -2.39. The van der Waals surface area contributed by atoms with E-state index >= 15 is 0 Å². The van der Waals surface area contributed by atoms with Crippen molar-refractivity contribution in [2.24, 2.45) is 0 Å². The van der Waals surface area contributed by atoms with Gasteiger partial charge >= 0.3 is 0 Å². The van der Waals surface area contributed by atoms with Crippen molar-refractivity contribution in [3.05, 3.63) is 52.0 Å². The van der Waals surface area contributed by atoms with Crippen molar-refractivity contribution in [1.82, 2.24) is 10.3 Å². The molecule has 134 valence electrons. The molecular weight excluding hydrogens is 375 g/mol. The lowest BCUT2D eigenvalue weighted by Gasteiger charge is -2.16. The SMILES string of the molecule is O=C(N[C@@H]1CCC[C@H]1O)c1ccc2nc(-c3cc(Cl)cc(Cl)c3)oc2c1. The fourth-order valence-corrected chi connectivity index (χ4v) is 3.75. The molecule has 1 fully saturated rings. The number of amides is 1. The van der Waals surface area contributed by atoms with E-state index in [-0.39, 0.29) is 11.9 Å². The minimum atomic E-state index is -0.479. The molecule has 2 atom stereocenters. The number of aliphatic hydroxyl groups excluding tert-OH is 1. The van der Waals surface area contributed by atoms with Gasteiger partial charge in [-0.15, -0.1) is 0 Å². The molecule has 4 rings (SSSR count). The number of benzene rings is 2. The second-order valence-electron chi connectivity index (χ2n) is 6.44. The third kappa shape index (κ3) is 3.43. The summed E-state index contributed by atoms with van der Waals surface area (Å²) < 4.78 is 5.79. The molecule has 2 N–H and O–H groups in total. The Hall–Kier alpha value is -2.08. The largest absolute Gasteiger partial charge is 0.436 e. The molecule has 2 aromatic carbocycles. The van der Waals surface area contributed by atoms with Gasteiger partial charge in [-0.3, -0.25) is 4.79 Å². The quantitative estimate of drug-likeness (QED) is 0.692. The van der Waals surface area contributed by atoms with Crippen LogP contribution in [0.3, 0.4) is 0 Å². The van der Waals surface area contributed by atoms with Crippen molar-refractivity contribution in [2.45, 2.75) is 31.4 Å². The number of hydrogen-bond donors (Lipinski definition) is 2. The molecule has 3 aromatic rings. The number of nitrogens with one attached hydrogen (secondary N) is 1. The standard InChI is InChI=1S/C19H16Cl2N2O3/c20-12-6-11(7-13(21)9-12)19-23-15-5-4-10(8-17(15)26-19)18(25)22-14-2-1-3-16(14)24/h4-9,14,16,24H,1-3H2,(H,22,25)/t14-,16-/m1/s1. The Morgan fingerprint density at radius 3 is 2.62 bits per heavy atom. The zero-order chi connectivity index (χ0) is 18.3. The van der Waals surface area contributed by atoms with Crippen molar-refractivity contribution in [1.29, 1.82) is 0 Å². The molecule has 1 amide bonds. The molecule has 1 aliphatic rings. The van der Waals surface area contributed by atoms with Crippen molar-refractivity contribution < 1.29 is 14.3 Å². The first-order valence-corrected chi connectivity index (χ1v) is 9.11. The van der Waals surface area contributed by atoms with Crippen LogP contribution in [0.5, 0.6) is 0 Å². The van der Waals surface area contributed by atoms with Crippen LogP contribution in [-0.4, -0.2) is 28.1 Å². The number of hydrogen-bond acceptors (Lipinski definition) is 4. The minimum absolute atomic E-state index is 0.197. The lowest BCUT2D eigenvalue weighted by molar-refractivity contribution is 0.0873. The number of oxazole rings is 1. The van der Waals surface area contributed by atoms with Crippen LogP contribution >= 0.6 is 23.2 Å². The van der Waals surface area contributed by atoms with Crippen molar-refractivity contribution in [3.63, 3.8) is 0 Å². The second kappa shape index (κ2) is 6.91. The molecule has 1 aliphatic carbocycles. The molecule has 0 bridgehead atoms. The average Bonchev–Trinajstić information content (AvgIpc) is 3.19. The van der Waals surface area contributed by atoms with Gasteiger partial charge in [0.2, 0.25) is 5.89 Å². The van der Waals surface area contributed by atoms with Gasteiger partial charge in [0.15, 0.2) is 5.58 Å². The zero-order valence-electron chi connectivity index (χ0n) is 13.7. The van der Waals surface area contributed by atoms with Gasteiger partial charge in [0.05, 0.1) is 12.1 Å². The Morgan fingerprint density at radius 2 is 1.92 bits per heavy atom. The molecule has 0 saturated heterocycles. The van der Waals surface area contributed by atoms with Crippen molar-refractivity contribution in [2.75, 3.05) is 0 Å².